The number of amides is 1. The van der Waals surface area contributed by atoms with Gasteiger partial charge in [0.15, 0.2) is 0 Å². The van der Waals surface area contributed by atoms with Crippen LogP contribution in [-0.4, -0.2) is 39.7 Å². The van der Waals surface area contributed by atoms with E-state index in [0.29, 0.717) is 22.4 Å². The molecule has 1 saturated heterocycles. The lowest BCUT2D eigenvalue weighted by atomic mass is 9.98. The zero-order valence-electron chi connectivity index (χ0n) is 12.7. The van der Waals surface area contributed by atoms with Gasteiger partial charge in [-0.3, -0.25) is 4.79 Å². The summed E-state index contributed by atoms with van der Waals surface area (Å²) in [5, 5.41) is 4.94. The van der Waals surface area contributed by atoms with E-state index in [2.05, 4.69) is 5.10 Å². The molecule has 2 aromatic rings. The van der Waals surface area contributed by atoms with E-state index >= 15 is 0 Å². The van der Waals surface area contributed by atoms with Crippen molar-refractivity contribution in [2.24, 2.45) is 17.6 Å². The molecule has 0 radical (unpaired) electrons. The Hall–Kier alpha value is -1.85. The summed E-state index contributed by atoms with van der Waals surface area (Å²) in [6.45, 7) is 1.59. The molecule has 0 spiro atoms. The summed E-state index contributed by atoms with van der Waals surface area (Å²) >= 11 is 6.01. The van der Waals surface area contributed by atoms with Crippen LogP contribution >= 0.6 is 11.6 Å². The molecule has 1 saturated carbocycles. The maximum absolute atomic E-state index is 12.7. The van der Waals surface area contributed by atoms with Crippen molar-refractivity contribution in [1.82, 2.24) is 14.7 Å². The Morgan fingerprint density at radius 2 is 2.17 bits per heavy atom. The molecule has 1 aromatic heterocycles. The third-order valence-corrected chi connectivity index (χ3v) is 5.34. The van der Waals surface area contributed by atoms with Crippen molar-refractivity contribution >= 4 is 17.5 Å². The lowest BCUT2D eigenvalue weighted by Crippen LogP contribution is -2.33. The Labute approximate surface area is 140 Å². The molecule has 2 heterocycles. The first kappa shape index (κ1) is 14.7. The van der Waals surface area contributed by atoms with Crippen LogP contribution < -0.4 is 5.73 Å². The van der Waals surface area contributed by atoms with Gasteiger partial charge >= 0.3 is 0 Å². The second kappa shape index (κ2) is 5.65. The fraction of sp³-hybridized carbons (Fsp3) is 0.412. The number of fused-ring (bicyclic) bond motifs is 1. The molecule has 2 fully saturated rings. The van der Waals surface area contributed by atoms with Crippen LogP contribution in [0.2, 0.25) is 5.02 Å². The van der Waals surface area contributed by atoms with Crippen LogP contribution in [0.1, 0.15) is 23.2 Å². The number of nitrogens with zero attached hydrogens (tertiary/aromatic N) is 3. The lowest BCUT2D eigenvalue weighted by Gasteiger charge is -2.17. The largest absolute Gasteiger partial charge is 0.338 e. The monoisotopic (exact) mass is 330 g/mol. The summed E-state index contributed by atoms with van der Waals surface area (Å²) in [6, 6.07) is 7.65. The first-order chi connectivity index (χ1) is 11.1. The number of carbonyl (C=O) groups is 1. The Morgan fingerprint density at radius 3 is 2.96 bits per heavy atom. The van der Waals surface area contributed by atoms with Crippen molar-refractivity contribution in [3.63, 3.8) is 0 Å². The van der Waals surface area contributed by atoms with E-state index in [1.165, 1.54) is 0 Å². The predicted molar refractivity (Wildman–Crippen MR) is 88.7 cm³/mol. The van der Waals surface area contributed by atoms with Gasteiger partial charge in [0.1, 0.15) is 0 Å². The minimum atomic E-state index is 0.0416. The Balaban J connectivity index is 1.52. The van der Waals surface area contributed by atoms with Crippen LogP contribution in [0.3, 0.4) is 0 Å². The summed E-state index contributed by atoms with van der Waals surface area (Å²) in [5.74, 6) is 1.07. The number of aromatic nitrogens is 2. The molecule has 6 heteroatoms. The van der Waals surface area contributed by atoms with Gasteiger partial charge in [0.05, 0.1) is 17.4 Å². The Morgan fingerprint density at radius 1 is 1.30 bits per heavy atom. The van der Waals surface area contributed by atoms with Gasteiger partial charge < -0.3 is 10.6 Å². The van der Waals surface area contributed by atoms with E-state index in [4.69, 9.17) is 17.3 Å². The van der Waals surface area contributed by atoms with Crippen LogP contribution in [0.4, 0.5) is 0 Å². The molecule has 1 aliphatic heterocycles. The van der Waals surface area contributed by atoms with E-state index in [1.807, 2.05) is 29.2 Å². The number of halogens is 1. The maximum atomic E-state index is 12.7. The Kier molecular flexibility index (Phi) is 3.62. The number of nitrogens with two attached hydrogens (primary N) is 1. The van der Waals surface area contributed by atoms with Crippen LogP contribution in [0.25, 0.3) is 5.69 Å². The third kappa shape index (κ3) is 2.64. The average Bonchev–Trinajstić information content (AvgIpc) is 3.24. The van der Waals surface area contributed by atoms with Crippen molar-refractivity contribution in [1.29, 1.82) is 0 Å². The van der Waals surface area contributed by atoms with Crippen LogP contribution in [0.15, 0.2) is 36.7 Å². The quantitative estimate of drug-likeness (QED) is 0.919. The fourth-order valence-corrected chi connectivity index (χ4v) is 4.03. The average molecular weight is 331 g/mol. The lowest BCUT2D eigenvalue weighted by molar-refractivity contribution is 0.0779. The first-order valence-electron chi connectivity index (χ1n) is 7.97. The number of likely N-dealkylation sites (tertiary alicyclic amines) is 1. The van der Waals surface area contributed by atoms with Crippen molar-refractivity contribution in [2.45, 2.75) is 18.9 Å². The molecule has 3 unspecified atom stereocenters. The minimum absolute atomic E-state index is 0.0416. The zero-order chi connectivity index (χ0) is 16.0. The molecule has 3 atom stereocenters. The molecule has 1 aliphatic carbocycles. The number of benzene rings is 1. The minimum Gasteiger partial charge on any atom is -0.338 e. The van der Waals surface area contributed by atoms with Crippen molar-refractivity contribution < 1.29 is 4.79 Å². The summed E-state index contributed by atoms with van der Waals surface area (Å²) in [7, 11) is 0. The van der Waals surface area contributed by atoms with Crippen molar-refractivity contribution in [3.05, 3.63) is 47.2 Å². The van der Waals surface area contributed by atoms with E-state index in [0.717, 1.165) is 31.6 Å². The summed E-state index contributed by atoms with van der Waals surface area (Å²) < 4.78 is 1.68. The third-order valence-electron chi connectivity index (χ3n) is 5.10. The van der Waals surface area contributed by atoms with Crippen LogP contribution in [0, 0.1) is 11.8 Å². The van der Waals surface area contributed by atoms with E-state index in [-0.39, 0.29) is 11.9 Å². The predicted octanol–water partition coefficient (Wildman–Crippen LogP) is 2.33. The molecule has 0 bridgehead atoms. The van der Waals surface area contributed by atoms with Gasteiger partial charge in [-0.25, -0.2) is 4.68 Å². The molecule has 1 amide bonds. The van der Waals surface area contributed by atoms with Crippen molar-refractivity contribution in [3.8, 4) is 5.69 Å². The topological polar surface area (TPSA) is 64.2 Å². The highest BCUT2D eigenvalue weighted by atomic mass is 35.5. The highest BCUT2D eigenvalue weighted by Crippen LogP contribution is 2.37. The number of carbonyl (C=O) groups excluding carboxylic acids is 1. The van der Waals surface area contributed by atoms with Gasteiger partial charge in [0.2, 0.25) is 0 Å². The van der Waals surface area contributed by atoms with E-state index in [9.17, 15) is 4.79 Å². The van der Waals surface area contributed by atoms with Gasteiger partial charge in [-0.1, -0.05) is 17.7 Å². The fourth-order valence-electron chi connectivity index (χ4n) is 3.85. The van der Waals surface area contributed by atoms with Crippen LogP contribution in [0.5, 0.6) is 0 Å². The first-order valence-corrected chi connectivity index (χ1v) is 8.35. The van der Waals surface area contributed by atoms with Gasteiger partial charge in [0.25, 0.3) is 5.91 Å². The van der Waals surface area contributed by atoms with Gasteiger partial charge in [0, 0.05) is 30.4 Å². The van der Waals surface area contributed by atoms with E-state index < -0.39 is 0 Å². The number of hydrogen-bond acceptors (Lipinski definition) is 3. The molecule has 23 heavy (non-hydrogen) atoms. The Bertz CT molecular complexity index is 744. The summed E-state index contributed by atoms with van der Waals surface area (Å²) in [5.41, 5.74) is 7.60. The maximum Gasteiger partial charge on any atom is 0.257 e. The smallest absolute Gasteiger partial charge is 0.257 e. The zero-order valence-corrected chi connectivity index (χ0v) is 13.5. The summed E-state index contributed by atoms with van der Waals surface area (Å²) in [6.07, 6.45) is 5.61. The molecule has 5 nitrogen and oxygen atoms in total. The summed E-state index contributed by atoms with van der Waals surface area (Å²) in [4.78, 5) is 14.6. The number of rotatable bonds is 2. The van der Waals surface area contributed by atoms with Crippen molar-refractivity contribution in [2.75, 3.05) is 13.1 Å². The van der Waals surface area contributed by atoms with Crippen LogP contribution in [-0.2, 0) is 0 Å². The SMILES string of the molecule is NC1CCC2CN(C(=O)c3cnn(-c4cccc(Cl)c4)c3)CC12. The van der Waals surface area contributed by atoms with Gasteiger partial charge in [-0.05, 0) is 42.9 Å². The van der Waals surface area contributed by atoms with E-state index in [1.54, 1.807) is 17.1 Å². The molecule has 2 aliphatic rings. The molecular weight excluding hydrogens is 312 g/mol. The van der Waals surface area contributed by atoms with Gasteiger partial charge in [-0.2, -0.15) is 5.10 Å². The molecule has 1 aromatic carbocycles. The molecule has 120 valence electrons. The molecule has 2 N–H and O–H groups in total. The number of hydrogen-bond donors (Lipinski definition) is 1. The van der Waals surface area contributed by atoms with Gasteiger partial charge in [-0.15, -0.1) is 0 Å². The second-order valence-corrected chi connectivity index (χ2v) is 6.97. The highest BCUT2D eigenvalue weighted by molar-refractivity contribution is 6.30. The molecule has 4 rings (SSSR count). The molecular formula is C17H19ClN4O. The standard InChI is InChI=1S/C17H19ClN4O/c18-13-2-1-3-14(6-13)22-9-12(7-20-22)17(23)21-8-11-4-5-16(19)15(11)10-21/h1-3,6-7,9,11,15-16H,4-5,8,10,19H2. The second-order valence-electron chi connectivity index (χ2n) is 6.53. The normalized spacial score (nSPS) is 26.5. The highest BCUT2D eigenvalue weighted by Gasteiger charge is 2.42.